The third-order valence-corrected chi connectivity index (χ3v) is 4.13. The second-order valence-corrected chi connectivity index (χ2v) is 5.85. The van der Waals surface area contributed by atoms with Crippen LogP contribution in [-0.4, -0.2) is 41.5 Å². The molecule has 2 fully saturated rings. The number of hydrogen-bond donors (Lipinski definition) is 2. The van der Waals surface area contributed by atoms with Gasteiger partial charge in [0.1, 0.15) is 0 Å². The van der Waals surface area contributed by atoms with Crippen molar-refractivity contribution in [3.63, 3.8) is 0 Å². The van der Waals surface area contributed by atoms with E-state index in [1.165, 1.54) is 12.8 Å². The van der Waals surface area contributed by atoms with Crippen molar-refractivity contribution in [3.05, 3.63) is 0 Å². The molecule has 1 aliphatic carbocycles. The first-order chi connectivity index (χ1) is 8.03. The highest BCUT2D eigenvalue weighted by Gasteiger charge is 2.42. The molecule has 1 aliphatic heterocycles. The topological polar surface area (TPSA) is 58.4 Å². The van der Waals surface area contributed by atoms with Crippen molar-refractivity contribution in [1.82, 2.24) is 10.2 Å². The van der Waals surface area contributed by atoms with Crippen molar-refractivity contribution in [2.24, 2.45) is 5.73 Å². The molecule has 1 atom stereocenters. The van der Waals surface area contributed by atoms with Crippen LogP contribution < -0.4 is 11.1 Å². The van der Waals surface area contributed by atoms with E-state index in [1.54, 1.807) is 0 Å². The van der Waals surface area contributed by atoms with Crippen LogP contribution in [0.15, 0.2) is 0 Å². The summed E-state index contributed by atoms with van der Waals surface area (Å²) in [5.41, 5.74) is 5.21. The van der Waals surface area contributed by atoms with Crippen LogP contribution in [0, 0.1) is 0 Å². The first-order valence-electron chi connectivity index (χ1n) is 6.85. The van der Waals surface area contributed by atoms with Crippen LogP contribution in [0.5, 0.6) is 0 Å². The van der Waals surface area contributed by atoms with Gasteiger partial charge in [-0.25, -0.2) is 0 Å². The average molecular weight is 239 g/mol. The average Bonchev–Trinajstić information content (AvgIpc) is 3.05. The Morgan fingerprint density at radius 2 is 2.06 bits per heavy atom. The lowest BCUT2D eigenvalue weighted by Gasteiger charge is -2.31. The van der Waals surface area contributed by atoms with Crippen LogP contribution in [0.25, 0.3) is 0 Å². The van der Waals surface area contributed by atoms with Crippen LogP contribution in [0.4, 0.5) is 0 Å². The Balaban J connectivity index is 2.03. The van der Waals surface area contributed by atoms with Gasteiger partial charge in [-0.15, -0.1) is 0 Å². The lowest BCUT2D eigenvalue weighted by Crippen LogP contribution is -2.56. The summed E-state index contributed by atoms with van der Waals surface area (Å²) in [6.45, 7) is 6.48. The molecule has 1 unspecified atom stereocenters. The van der Waals surface area contributed by atoms with Crippen LogP contribution in [0.1, 0.15) is 46.0 Å². The van der Waals surface area contributed by atoms with E-state index in [0.29, 0.717) is 12.1 Å². The van der Waals surface area contributed by atoms with Gasteiger partial charge in [-0.2, -0.15) is 0 Å². The van der Waals surface area contributed by atoms with Gasteiger partial charge in [0.15, 0.2) is 0 Å². The molecular formula is C13H25N3O. The molecule has 0 aromatic heterocycles. The number of nitrogens with zero attached hydrogens (tertiary/aromatic N) is 1. The van der Waals surface area contributed by atoms with Gasteiger partial charge in [-0.1, -0.05) is 0 Å². The Bertz CT molecular complexity index is 288. The highest BCUT2D eigenvalue weighted by atomic mass is 16.1. The molecule has 4 nitrogen and oxygen atoms in total. The zero-order chi connectivity index (χ0) is 12.5. The van der Waals surface area contributed by atoms with E-state index in [-0.39, 0.29) is 5.91 Å². The van der Waals surface area contributed by atoms with E-state index in [2.05, 4.69) is 24.1 Å². The molecule has 98 valence electrons. The number of rotatable bonds is 4. The predicted octanol–water partition coefficient (Wildman–Crippen LogP) is 0.857. The molecule has 0 radical (unpaired) electrons. The zero-order valence-electron chi connectivity index (χ0n) is 11.0. The summed E-state index contributed by atoms with van der Waals surface area (Å²) in [6.07, 6.45) is 5.20. The standard InChI is InChI=1S/C13H25N3O/c1-10(2)16-8-3-6-13(7-9-16,12(14)17)15-11-4-5-11/h10-11,15H,3-9H2,1-2H3,(H2,14,17). The van der Waals surface area contributed by atoms with Crippen LogP contribution in [0.3, 0.4) is 0 Å². The van der Waals surface area contributed by atoms with Gasteiger partial charge in [0, 0.05) is 18.6 Å². The minimum absolute atomic E-state index is 0.157. The van der Waals surface area contributed by atoms with Crippen LogP contribution >= 0.6 is 0 Å². The number of nitrogens with two attached hydrogens (primary N) is 1. The first kappa shape index (κ1) is 12.8. The molecule has 4 heteroatoms. The molecule has 2 rings (SSSR count). The normalized spacial score (nSPS) is 31.5. The lowest BCUT2D eigenvalue weighted by molar-refractivity contribution is -0.125. The Kier molecular flexibility index (Phi) is 3.73. The van der Waals surface area contributed by atoms with Gasteiger partial charge in [-0.05, 0) is 52.5 Å². The van der Waals surface area contributed by atoms with Crippen molar-refractivity contribution in [2.45, 2.75) is 63.6 Å². The molecule has 1 amide bonds. The van der Waals surface area contributed by atoms with Crippen molar-refractivity contribution in [1.29, 1.82) is 0 Å². The Hall–Kier alpha value is -0.610. The summed E-state index contributed by atoms with van der Waals surface area (Å²) in [5.74, 6) is -0.157. The Morgan fingerprint density at radius 1 is 1.35 bits per heavy atom. The Labute approximate surface area is 104 Å². The zero-order valence-corrected chi connectivity index (χ0v) is 11.0. The van der Waals surface area contributed by atoms with Crippen molar-refractivity contribution >= 4 is 5.91 Å². The largest absolute Gasteiger partial charge is 0.368 e. The van der Waals surface area contributed by atoms with Crippen molar-refractivity contribution in [3.8, 4) is 0 Å². The number of primary amides is 1. The van der Waals surface area contributed by atoms with Gasteiger partial charge in [0.2, 0.25) is 5.91 Å². The molecule has 0 spiro atoms. The van der Waals surface area contributed by atoms with Crippen LogP contribution in [0.2, 0.25) is 0 Å². The van der Waals surface area contributed by atoms with E-state index < -0.39 is 5.54 Å². The lowest BCUT2D eigenvalue weighted by atomic mass is 9.89. The molecule has 1 saturated carbocycles. The number of likely N-dealkylation sites (tertiary alicyclic amines) is 1. The molecule has 0 bridgehead atoms. The fraction of sp³-hybridized carbons (Fsp3) is 0.923. The highest BCUT2D eigenvalue weighted by molar-refractivity contribution is 5.84. The molecule has 3 N–H and O–H groups in total. The molecular weight excluding hydrogens is 214 g/mol. The van der Waals surface area contributed by atoms with E-state index in [4.69, 9.17) is 5.73 Å². The first-order valence-corrected chi connectivity index (χ1v) is 6.85. The van der Waals surface area contributed by atoms with Gasteiger partial charge in [-0.3, -0.25) is 4.79 Å². The van der Waals surface area contributed by atoms with Gasteiger partial charge >= 0.3 is 0 Å². The summed E-state index contributed by atoms with van der Waals surface area (Å²) in [6, 6.07) is 1.09. The number of amides is 1. The monoisotopic (exact) mass is 239 g/mol. The summed E-state index contributed by atoms with van der Waals surface area (Å²) >= 11 is 0. The van der Waals surface area contributed by atoms with Gasteiger partial charge in [0.05, 0.1) is 5.54 Å². The van der Waals surface area contributed by atoms with E-state index in [1.807, 2.05) is 0 Å². The van der Waals surface area contributed by atoms with Crippen molar-refractivity contribution in [2.75, 3.05) is 13.1 Å². The maximum Gasteiger partial charge on any atom is 0.237 e. The SMILES string of the molecule is CC(C)N1CCCC(NC2CC2)(C(N)=O)CC1. The number of hydrogen-bond acceptors (Lipinski definition) is 3. The number of nitrogens with one attached hydrogen (secondary N) is 1. The van der Waals surface area contributed by atoms with E-state index in [9.17, 15) is 4.79 Å². The number of carbonyl (C=O) groups excluding carboxylic acids is 1. The van der Waals surface area contributed by atoms with E-state index >= 15 is 0 Å². The highest BCUT2D eigenvalue weighted by Crippen LogP contribution is 2.29. The van der Waals surface area contributed by atoms with E-state index in [0.717, 1.165) is 32.4 Å². The van der Waals surface area contributed by atoms with Crippen molar-refractivity contribution < 1.29 is 4.79 Å². The third kappa shape index (κ3) is 2.99. The third-order valence-electron chi connectivity index (χ3n) is 4.13. The second-order valence-electron chi connectivity index (χ2n) is 5.85. The minimum Gasteiger partial charge on any atom is -0.368 e. The predicted molar refractivity (Wildman–Crippen MR) is 68.6 cm³/mol. The number of carbonyl (C=O) groups is 1. The molecule has 1 saturated heterocycles. The van der Waals surface area contributed by atoms with Crippen LogP contribution in [-0.2, 0) is 4.79 Å². The quantitative estimate of drug-likeness (QED) is 0.765. The fourth-order valence-corrected chi connectivity index (χ4v) is 2.75. The summed E-state index contributed by atoms with van der Waals surface area (Å²) in [7, 11) is 0. The smallest absolute Gasteiger partial charge is 0.237 e. The molecule has 0 aromatic rings. The maximum atomic E-state index is 11.8. The molecule has 17 heavy (non-hydrogen) atoms. The molecule has 1 heterocycles. The van der Waals surface area contributed by atoms with Gasteiger partial charge in [0.25, 0.3) is 0 Å². The second kappa shape index (κ2) is 4.94. The fourth-order valence-electron chi connectivity index (χ4n) is 2.75. The summed E-state index contributed by atoms with van der Waals surface area (Å²) in [5, 5.41) is 3.50. The summed E-state index contributed by atoms with van der Waals surface area (Å²) in [4.78, 5) is 14.3. The molecule has 0 aromatic carbocycles. The molecule has 2 aliphatic rings. The minimum atomic E-state index is -0.440. The Morgan fingerprint density at radius 3 is 2.59 bits per heavy atom. The van der Waals surface area contributed by atoms with Gasteiger partial charge < -0.3 is 16.0 Å². The maximum absolute atomic E-state index is 11.8. The summed E-state index contributed by atoms with van der Waals surface area (Å²) < 4.78 is 0.